The first-order valence-electron chi connectivity index (χ1n) is 8.42. The fraction of sp³-hybridized carbons (Fsp3) is 0.150. The summed E-state index contributed by atoms with van der Waals surface area (Å²) in [6.07, 6.45) is 0. The predicted octanol–water partition coefficient (Wildman–Crippen LogP) is 3.31. The zero-order valence-electron chi connectivity index (χ0n) is 14.9. The molecule has 1 heterocycles. The van der Waals surface area contributed by atoms with E-state index in [9.17, 15) is 14.4 Å². The number of hydrogen-bond acceptors (Lipinski definition) is 5. The zero-order chi connectivity index (χ0) is 20.3. The van der Waals surface area contributed by atoms with Gasteiger partial charge < -0.3 is 10.4 Å². The highest BCUT2D eigenvalue weighted by Gasteiger charge is 2.40. The van der Waals surface area contributed by atoms with Crippen LogP contribution in [0.15, 0.2) is 53.4 Å². The van der Waals surface area contributed by atoms with E-state index in [2.05, 4.69) is 5.32 Å². The van der Waals surface area contributed by atoms with E-state index in [1.165, 1.54) is 6.92 Å². The second kappa shape index (κ2) is 8.60. The Balaban J connectivity index is 1.97. The molecule has 0 radical (unpaired) electrons. The summed E-state index contributed by atoms with van der Waals surface area (Å²) in [5, 5.41) is 12.3. The molecule has 0 aromatic heterocycles. The number of aliphatic hydroxyl groups excluding tert-OH is 1. The van der Waals surface area contributed by atoms with Gasteiger partial charge in [0.05, 0.1) is 22.8 Å². The molecular formula is C20H17ClN2O4S. The monoisotopic (exact) mass is 416 g/mol. The van der Waals surface area contributed by atoms with E-state index < -0.39 is 11.8 Å². The lowest BCUT2D eigenvalue weighted by Gasteiger charge is -2.16. The first-order valence-corrected chi connectivity index (χ1v) is 9.79. The highest BCUT2D eigenvalue weighted by Crippen LogP contribution is 2.38. The molecule has 0 aliphatic carbocycles. The van der Waals surface area contributed by atoms with Crippen LogP contribution in [0.2, 0.25) is 5.02 Å². The van der Waals surface area contributed by atoms with Crippen LogP contribution >= 0.6 is 23.4 Å². The van der Waals surface area contributed by atoms with E-state index in [4.69, 9.17) is 16.7 Å². The van der Waals surface area contributed by atoms with Gasteiger partial charge in [-0.25, -0.2) is 4.90 Å². The van der Waals surface area contributed by atoms with Crippen molar-refractivity contribution in [1.29, 1.82) is 0 Å². The van der Waals surface area contributed by atoms with Crippen LogP contribution in [0.4, 0.5) is 11.4 Å². The Morgan fingerprint density at radius 2 is 1.71 bits per heavy atom. The number of anilines is 2. The van der Waals surface area contributed by atoms with Crippen LogP contribution in [0.1, 0.15) is 12.5 Å². The largest absolute Gasteiger partial charge is 0.396 e. The molecule has 0 atom stereocenters. The Morgan fingerprint density at radius 1 is 1.07 bits per heavy atom. The number of imide groups is 1. The molecule has 2 N–H and O–H groups in total. The van der Waals surface area contributed by atoms with Crippen LogP contribution in [0.25, 0.3) is 5.57 Å². The second-order valence-electron chi connectivity index (χ2n) is 5.96. The van der Waals surface area contributed by atoms with Crippen molar-refractivity contribution in [2.75, 3.05) is 22.6 Å². The quantitative estimate of drug-likeness (QED) is 0.705. The molecule has 28 heavy (non-hydrogen) atoms. The molecule has 0 saturated heterocycles. The van der Waals surface area contributed by atoms with Crippen LogP contribution in [0.3, 0.4) is 0 Å². The van der Waals surface area contributed by atoms with Gasteiger partial charge in [-0.3, -0.25) is 14.4 Å². The maximum absolute atomic E-state index is 13.1. The molecule has 8 heteroatoms. The van der Waals surface area contributed by atoms with Gasteiger partial charge in [-0.15, -0.1) is 11.8 Å². The molecule has 1 aliphatic rings. The standard InChI is InChI=1S/C20H17ClN2O4S/c1-12(25)22-15-6-8-16(9-7-15)23-19(26)17(13-2-4-14(21)5-3-13)18(20(23)27)28-11-10-24/h2-9,24H,10-11H2,1H3,(H,22,25). The van der Waals surface area contributed by atoms with Gasteiger partial charge in [-0.1, -0.05) is 23.7 Å². The molecule has 144 valence electrons. The molecule has 6 nitrogen and oxygen atoms in total. The van der Waals surface area contributed by atoms with E-state index >= 15 is 0 Å². The molecule has 1 aliphatic heterocycles. The van der Waals surface area contributed by atoms with Crippen LogP contribution in [0, 0.1) is 0 Å². The summed E-state index contributed by atoms with van der Waals surface area (Å²) in [5.41, 5.74) is 1.83. The van der Waals surface area contributed by atoms with Gasteiger partial charge in [-0.2, -0.15) is 0 Å². The minimum absolute atomic E-state index is 0.116. The minimum atomic E-state index is -0.444. The van der Waals surface area contributed by atoms with Crippen LogP contribution in [-0.2, 0) is 14.4 Å². The Labute approximate surface area is 171 Å². The normalized spacial score (nSPS) is 14.0. The van der Waals surface area contributed by atoms with E-state index in [-0.39, 0.29) is 23.0 Å². The number of hydrogen-bond donors (Lipinski definition) is 2. The van der Waals surface area contributed by atoms with Crippen molar-refractivity contribution in [3.63, 3.8) is 0 Å². The van der Waals surface area contributed by atoms with Gasteiger partial charge in [0.15, 0.2) is 0 Å². The Kier molecular flexibility index (Phi) is 6.18. The average Bonchev–Trinajstić information content (AvgIpc) is 2.91. The van der Waals surface area contributed by atoms with Crippen LogP contribution in [-0.4, -0.2) is 35.2 Å². The SMILES string of the molecule is CC(=O)Nc1ccc(N2C(=O)C(SCCO)=C(c3ccc(Cl)cc3)C2=O)cc1. The lowest BCUT2D eigenvalue weighted by molar-refractivity contribution is -0.120. The van der Waals surface area contributed by atoms with Crippen molar-refractivity contribution in [2.24, 2.45) is 0 Å². The number of carbonyl (C=O) groups is 3. The molecule has 0 spiro atoms. The topological polar surface area (TPSA) is 86.7 Å². The van der Waals surface area contributed by atoms with Crippen molar-refractivity contribution < 1.29 is 19.5 Å². The lowest BCUT2D eigenvalue weighted by Crippen LogP contribution is -2.31. The van der Waals surface area contributed by atoms with Gasteiger partial charge >= 0.3 is 0 Å². The number of amides is 3. The molecule has 0 bridgehead atoms. The Bertz CT molecular complexity index is 955. The van der Waals surface area contributed by atoms with Gasteiger partial charge in [-0.05, 0) is 42.0 Å². The minimum Gasteiger partial charge on any atom is -0.396 e. The molecule has 3 rings (SSSR count). The number of halogens is 1. The molecule has 0 saturated carbocycles. The summed E-state index contributed by atoms with van der Waals surface area (Å²) in [7, 11) is 0. The molecule has 0 unspecified atom stereocenters. The molecule has 2 aromatic carbocycles. The van der Waals surface area contributed by atoms with Crippen molar-refractivity contribution in [2.45, 2.75) is 6.92 Å². The maximum atomic E-state index is 13.1. The number of nitrogens with one attached hydrogen (secondary N) is 1. The van der Waals surface area contributed by atoms with Crippen molar-refractivity contribution in [1.82, 2.24) is 0 Å². The summed E-state index contributed by atoms with van der Waals surface area (Å²) in [5.74, 6) is -0.808. The highest BCUT2D eigenvalue weighted by atomic mass is 35.5. The number of rotatable bonds is 6. The highest BCUT2D eigenvalue weighted by molar-refractivity contribution is 8.04. The lowest BCUT2D eigenvalue weighted by atomic mass is 10.1. The fourth-order valence-electron chi connectivity index (χ4n) is 2.79. The summed E-state index contributed by atoms with van der Waals surface area (Å²) in [6, 6.07) is 13.1. The smallest absolute Gasteiger partial charge is 0.272 e. The Morgan fingerprint density at radius 3 is 2.29 bits per heavy atom. The third-order valence-electron chi connectivity index (χ3n) is 3.96. The van der Waals surface area contributed by atoms with Crippen molar-refractivity contribution in [3.8, 4) is 0 Å². The third kappa shape index (κ3) is 4.11. The van der Waals surface area contributed by atoms with Crippen LogP contribution in [0.5, 0.6) is 0 Å². The summed E-state index contributed by atoms with van der Waals surface area (Å²) in [6.45, 7) is 1.28. The second-order valence-corrected chi connectivity index (χ2v) is 7.50. The van der Waals surface area contributed by atoms with Gasteiger partial charge in [0.25, 0.3) is 11.8 Å². The number of aliphatic hydroxyl groups is 1. The maximum Gasteiger partial charge on any atom is 0.272 e. The van der Waals surface area contributed by atoms with Crippen molar-refractivity contribution >= 4 is 58.0 Å². The van der Waals surface area contributed by atoms with E-state index in [1.807, 2.05) is 0 Å². The predicted molar refractivity (Wildman–Crippen MR) is 111 cm³/mol. The average molecular weight is 417 g/mol. The van der Waals surface area contributed by atoms with Crippen LogP contribution < -0.4 is 10.2 Å². The molecule has 2 aromatic rings. The van der Waals surface area contributed by atoms with Crippen molar-refractivity contribution in [3.05, 3.63) is 64.0 Å². The molecule has 3 amide bonds. The summed E-state index contributed by atoms with van der Waals surface area (Å²) >= 11 is 7.07. The number of nitrogens with zero attached hydrogens (tertiary/aromatic N) is 1. The number of benzene rings is 2. The van der Waals surface area contributed by atoms with E-state index in [0.717, 1.165) is 16.7 Å². The van der Waals surface area contributed by atoms with E-state index in [1.54, 1.807) is 48.5 Å². The van der Waals surface area contributed by atoms with Gasteiger partial charge in [0.2, 0.25) is 5.91 Å². The van der Waals surface area contributed by atoms with Gasteiger partial charge in [0.1, 0.15) is 0 Å². The summed E-state index contributed by atoms with van der Waals surface area (Å²) in [4.78, 5) is 38.6. The summed E-state index contributed by atoms with van der Waals surface area (Å²) < 4.78 is 0. The van der Waals surface area contributed by atoms with E-state index in [0.29, 0.717) is 27.7 Å². The Hall–Kier alpha value is -2.61. The molecular weight excluding hydrogens is 400 g/mol. The first kappa shape index (κ1) is 20.1. The van der Waals surface area contributed by atoms with Gasteiger partial charge in [0, 0.05) is 23.4 Å². The molecule has 0 fully saturated rings. The number of thioether (sulfide) groups is 1. The number of carbonyl (C=O) groups excluding carboxylic acids is 3. The third-order valence-corrected chi connectivity index (χ3v) is 5.26. The zero-order valence-corrected chi connectivity index (χ0v) is 16.5. The first-order chi connectivity index (χ1) is 13.4. The fourth-order valence-corrected chi connectivity index (χ4v) is 3.78.